The molecule has 0 bridgehead atoms. The second kappa shape index (κ2) is 4.57. The average Bonchev–Trinajstić information content (AvgIpc) is 2.54. The summed E-state index contributed by atoms with van der Waals surface area (Å²) in [6, 6.07) is 14.8. The molecule has 2 heterocycles. The van der Waals surface area contributed by atoms with Gasteiger partial charge in [0.15, 0.2) is 0 Å². The Morgan fingerprint density at radius 3 is 2.90 bits per heavy atom. The maximum atomic E-state index is 5.50. The van der Waals surface area contributed by atoms with E-state index in [0.29, 0.717) is 0 Å². The summed E-state index contributed by atoms with van der Waals surface area (Å²) in [5.74, 6) is 0.966. The summed E-state index contributed by atoms with van der Waals surface area (Å²) in [7, 11) is 0. The number of rotatable bonds is 1. The van der Waals surface area contributed by atoms with Gasteiger partial charge in [0, 0.05) is 11.4 Å². The molecule has 0 saturated carbocycles. The van der Waals surface area contributed by atoms with Crippen LogP contribution in [0.1, 0.15) is 16.7 Å². The zero-order chi connectivity index (χ0) is 13.4. The molecule has 0 aromatic heterocycles. The fraction of sp³-hybridized carbons (Fsp3) is 0.111. The van der Waals surface area contributed by atoms with Crippen LogP contribution in [-0.2, 0) is 12.8 Å². The molecule has 2 aliphatic heterocycles. The molecular weight excluding hydrogens is 246 g/mol. The van der Waals surface area contributed by atoms with Crippen LogP contribution in [0.5, 0.6) is 5.75 Å². The Kier molecular flexibility index (Phi) is 2.59. The minimum atomic E-state index is 0.938. The lowest BCUT2D eigenvalue weighted by Crippen LogP contribution is -2.07. The van der Waals surface area contributed by atoms with Crippen LogP contribution in [0, 0.1) is 0 Å². The Morgan fingerprint density at radius 2 is 1.90 bits per heavy atom. The molecule has 0 aliphatic carbocycles. The van der Waals surface area contributed by atoms with E-state index in [4.69, 9.17) is 4.74 Å². The summed E-state index contributed by atoms with van der Waals surface area (Å²) in [6.07, 6.45) is 7.98. The summed E-state index contributed by atoms with van der Waals surface area (Å²) < 4.78 is 5.50. The molecule has 4 rings (SSSR count). The van der Waals surface area contributed by atoms with Gasteiger partial charge in [-0.2, -0.15) is 0 Å². The standard InChI is InChI=1S/C18H15NO/c1-2-6-16-13(4-1)7-9-17(19-16)14-8-10-18-15(12-14)5-3-11-20-18/h1-4,6,8-12,19H,5,7H2. The van der Waals surface area contributed by atoms with Gasteiger partial charge < -0.3 is 10.1 Å². The molecule has 2 aromatic rings. The van der Waals surface area contributed by atoms with E-state index in [1.54, 1.807) is 6.26 Å². The van der Waals surface area contributed by atoms with Gasteiger partial charge in [0.1, 0.15) is 5.75 Å². The van der Waals surface area contributed by atoms with Crippen LogP contribution in [0.15, 0.2) is 60.9 Å². The first-order chi connectivity index (χ1) is 9.90. The van der Waals surface area contributed by atoms with Gasteiger partial charge in [-0.05, 0) is 59.9 Å². The van der Waals surface area contributed by atoms with Crippen molar-refractivity contribution in [3.63, 3.8) is 0 Å². The quantitative estimate of drug-likeness (QED) is 0.832. The summed E-state index contributed by atoms with van der Waals surface area (Å²) in [5.41, 5.74) is 6.20. The largest absolute Gasteiger partial charge is 0.465 e. The molecule has 0 amide bonds. The monoisotopic (exact) mass is 261 g/mol. The van der Waals surface area contributed by atoms with Crippen molar-refractivity contribution < 1.29 is 4.74 Å². The van der Waals surface area contributed by atoms with Gasteiger partial charge in [-0.15, -0.1) is 0 Å². The predicted octanol–water partition coefficient (Wildman–Crippen LogP) is 4.14. The molecule has 98 valence electrons. The first kappa shape index (κ1) is 11.4. The number of nitrogens with one attached hydrogen (secondary N) is 1. The van der Waals surface area contributed by atoms with Crippen LogP contribution in [0.2, 0.25) is 0 Å². The van der Waals surface area contributed by atoms with Crippen LogP contribution < -0.4 is 10.1 Å². The highest BCUT2D eigenvalue weighted by Crippen LogP contribution is 2.31. The Labute approximate surface area is 118 Å². The zero-order valence-corrected chi connectivity index (χ0v) is 11.1. The van der Waals surface area contributed by atoms with Crippen molar-refractivity contribution >= 4 is 11.4 Å². The van der Waals surface area contributed by atoms with Crippen molar-refractivity contribution in [1.29, 1.82) is 0 Å². The number of hydrogen-bond donors (Lipinski definition) is 1. The van der Waals surface area contributed by atoms with E-state index in [9.17, 15) is 0 Å². The minimum Gasteiger partial charge on any atom is -0.465 e. The lowest BCUT2D eigenvalue weighted by molar-refractivity contribution is 0.464. The Morgan fingerprint density at radius 1 is 0.950 bits per heavy atom. The van der Waals surface area contributed by atoms with E-state index in [1.807, 2.05) is 6.08 Å². The van der Waals surface area contributed by atoms with Gasteiger partial charge in [0.25, 0.3) is 0 Å². The fourth-order valence-electron chi connectivity index (χ4n) is 2.74. The second-order valence-corrected chi connectivity index (χ2v) is 5.12. The smallest absolute Gasteiger partial charge is 0.130 e. The minimum absolute atomic E-state index is 0.938. The number of ether oxygens (including phenoxy) is 1. The maximum absolute atomic E-state index is 5.50. The summed E-state index contributed by atoms with van der Waals surface area (Å²) >= 11 is 0. The molecule has 2 aliphatic rings. The van der Waals surface area contributed by atoms with E-state index in [-0.39, 0.29) is 0 Å². The molecule has 0 fully saturated rings. The number of allylic oxidation sites excluding steroid dienone is 2. The number of para-hydroxylation sites is 1. The Balaban J connectivity index is 1.68. The van der Waals surface area contributed by atoms with E-state index in [2.05, 4.69) is 53.9 Å². The maximum Gasteiger partial charge on any atom is 0.130 e. The number of anilines is 1. The molecule has 0 saturated heterocycles. The molecule has 2 heteroatoms. The summed E-state index contributed by atoms with van der Waals surface area (Å²) in [5, 5.41) is 3.52. The Hall–Kier alpha value is -2.48. The molecule has 0 radical (unpaired) electrons. The SMILES string of the molecule is C1=COc2ccc(C3=CCc4ccccc4N3)cc2C1. The number of fused-ring (bicyclic) bond motifs is 2. The highest BCUT2D eigenvalue weighted by atomic mass is 16.5. The van der Waals surface area contributed by atoms with Crippen molar-refractivity contribution in [2.75, 3.05) is 5.32 Å². The van der Waals surface area contributed by atoms with Crippen molar-refractivity contribution in [2.45, 2.75) is 12.8 Å². The second-order valence-electron chi connectivity index (χ2n) is 5.12. The van der Waals surface area contributed by atoms with E-state index >= 15 is 0 Å². The normalized spacial score (nSPS) is 15.5. The van der Waals surface area contributed by atoms with Crippen LogP contribution >= 0.6 is 0 Å². The van der Waals surface area contributed by atoms with Crippen LogP contribution in [0.25, 0.3) is 5.70 Å². The summed E-state index contributed by atoms with van der Waals surface area (Å²) in [4.78, 5) is 0. The predicted molar refractivity (Wildman–Crippen MR) is 81.7 cm³/mol. The van der Waals surface area contributed by atoms with Gasteiger partial charge in [0.2, 0.25) is 0 Å². The van der Waals surface area contributed by atoms with Crippen molar-refractivity contribution in [1.82, 2.24) is 0 Å². The van der Waals surface area contributed by atoms with E-state index < -0.39 is 0 Å². The van der Waals surface area contributed by atoms with Gasteiger partial charge in [0.05, 0.1) is 6.26 Å². The van der Waals surface area contributed by atoms with Gasteiger partial charge in [-0.1, -0.05) is 24.3 Å². The highest BCUT2D eigenvalue weighted by Gasteiger charge is 2.13. The zero-order valence-electron chi connectivity index (χ0n) is 11.1. The molecule has 2 nitrogen and oxygen atoms in total. The van der Waals surface area contributed by atoms with Crippen LogP contribution in [-0.4, -0.2) is 0 Å². The third-order valence-electron chi connectivity index (χ3n) is 3.81. The third-order valence-corrected chi connectivity index (χ3v) is 3.81. The fourth-order valence-corrected chi connectivity index (χ4v) is 2.74. The lowest BCUT2D eigenvalue weighted by atomic mass is 9.99. The first-order valence-electron chi connectivity index (χ1n) is 6.90. The number of hydrogen-bond acceptors (Lipinski definition) is 2. The first-order valence-corrected chi connectivity index (χ1v) is 6.90. The van der Waals surface area contributed by atoms with Crippen molar-refractivity contribution in [3.05, 3.63) is 77.6 Å². The van der Waals surface area contributed by atoms with E-state index in [0.717, 1.165) is 18.6 Å². The third kappa shape index (κ3) is 1.90. The van der Waals surface area contributed by atoms with Gasteiger partial charge in [-0.25, -0.2) is 0 Å². The van der Waals surface area contributed by atoms with Crippen molar-refractivity contribution in [2.24, 2.45) is 0 Å². The lowest BCUT2D eigenvalue weighted by Gasteiger charge is -2.21. The average molecular weight is 261 g/mol. The summed E-state index contributed by atoms with van der Waals surface area (Å²) in [6.45, 7) is 0. The number of benzene rings is 2. The molecule has 20 heavy (non-hydrogen) atoms. The van der Waals surface area contributed by atoms with Crippen molar-refractivity contribution in [3.8, 4) is 5.75 Å². The molecule has 0 spiro atoms. The van der Waals surface area contributed by atoms with E-state index in [1.165, 1.54) is 28.1 Å². The molecule has 0 atom stereocenters. The van der Waals surface area contributed by atoms with Gasteiger partial charge >= 0.3 is 0 Å². The molecule has 2 aromatic carbocycles. The molecular formula is C18H15NO. The molecule has 1 N–H and O–H groups in total. The topological polar surface area (TPSA) is 21.3 Å². The Bertz CT molecular complexity index is 728. The molecule has 0 unspecified atom stereocenters. The highest BCUT2D eigenvalue weighted by molar-refractivity contribution is 5.81. The van der Waals surface area contributed by atoms with Crippen LogP contribution in [0.3, 0.4) is 0 Å². The van der Waals surface area contributed by atoms with Crippen LogP contribution in [0.4, 0.5) is 5.69 Å². The van der Waals surface area contributed by atoms with Gasteiger partial charge in [-0.3, -0.25) is 0 Å².